The molecule has 0 saturated carbocycles. The Hall–Kier alpha value is -2.66. The van der Waals surface area contributed by atoms with Gasteiger partial charge in [0, 0.05) is 19.5 Å². The quantitative estimate of drug-likeness (QED) is 0.849. The van der Waals surface area contributed by atoms with E-state index in [-0.39, 0.29) is 35.0 Å². The highest BCUT2D eigenvalue weighted by Gasteiger charge is 2.36. The van der Waals surface area contributed by atoms with Crippen LogP contribution in [0.4, 0.5) is 0 Å². The molecule has 2 aromatic rings. The van der Waals surface area contributed by atoms with Gasteiger partial charge in [0.15, 0.2) is 0 Å². The second-order valence-electron chi connectivity index (χ2n) is 5.44. The van der Waals surface area contributed by atoms with Crippen molar-refractivity contribution >= 4 is 29.3 Å². The number of benzene rings is 2. The predicted octanol–water partition coefficient (Wildman–Crippen LogP) is 2.64. The maximum absolute atomic E-state index is 12.3. The van der Waals surface area contributed by atoms with Gasteiger partial charge in [-0.3, -0.25) is 19.3 Å². The molecule has 1 heterocycles. The Morgan fingerprint density at radius 2 is 1.75 bits per heavy atom. The number of fused-ring (bicyclic) bond motifs is 1. The average molecular weight is 343 g/mol. The molecule has 122 valence electrons. The third kappa shape index (κ3) is 3.16. The Bertz CT molecular complexity index is 805. The molecule has 2 aromatic carbocycles. The topological polar surface area (TPSA) is 66.5 Å². The van der Waals surface area contributed by atoms with Gasteiger partial charge in [-0.1, -0.05) is 48.0 Å². The molecule has 0 spiro atoms. The molecule has 3 rings (SSSR count). The zero-order valence-electron chi connectivity index (χ0n) is 12.8. The van der Waals surface area contributed by atoms with E-state index in [0.717, 1.165) is 10.5 Å². The summed E-state index contributed by atoms with van der Waals surface area (Å²) in [5.74, 6) is -1.08. The third-order valence-electron chi connectivity index (χ3n) is 3.84. The molecule has 3 amide bonds. The van der Waals surface area contributed by atoms with Crippen LogP contribution in [0.25, 0.3) is 0 Å². The normalized spacial score (nSPS) is 13.1. The molecule has 1 aliphatic heterocycles. The monoisotopic (exact) mass is 342 g/mol. The van der Waals surface area contributed by atoms with E-state index in [4.69, 9.17) is 11.6 Å². The minimum Gasteiger partial charge on any atom is -0.352 e. The fourth-order valence-electron chi connectivity index (χ4n) is 2.59. The van der Waals surface area contributed by atoms with Gasteiger partial charge in [-0.25, -0.2) is 0 Å². The Morgan fingerprint density at radius 3 is 2.46 bits per heavy atom. The zero-order chi connectivity index (χ0) is 17.1. The van der Waals surface area contributed by atoms with Crippen molar-refractivity contribution < 1.29 is 14.4 Å². The number of imide groups is 1. The van der Waals surface area contributed by atoms with Gasteiger partial charge in [-0.2, -0.15) is 0 Å². The number of nitrogens with zero attached hydrogens (tertiary/aromatic N) is 1. The van der Waals surface area contributed by atoms with E-state index in [9.17, 15) is 14.4 Å². The van der Waals surface area contributed by atoms with Gasteiger partial charge in [0.05, 0.1) is 16.1 Å². The first kappa shape index (κ1) is 16.2. The molecular weight excluding hydrogens is 328 g/mol. The first-order valence-corrected chi connectivity index (χ1v) is 7.91. The Morgan fingerprint density at radius 1 is 1.00 bits per heavy atom. The van der Waals surface area contributed by atoms with E-state index in [1.165, 1.54) is 0 Å². The van der Waals surface area contributed by atoms with Crippen LogP contribution in [0, 0.1) is 0 Å². The lowest BCUT2D eigenvalue weighted by atomic mass is 10.1. The molecular formula is C18H15ClN2O3. The summed E-state index contributed by atoms with van der Waals surface area (Å²) in [6, 6.07) is 14.3. The predicted molar refractivity (Wildman–Crippen MR) is 89.7 cm³/mol. The summed E-state index contributed by atoms with van der Waals surface area (Å²) >= 11 is 6.00. The number of rotatable bonds is 5. The number of nitrogens with one attached hydrogen (secondary N) is 1. The van der Waals surface area contributed by atoms with E-state index >= 15 is 0 Å². The summed E-state index contributed by atoms with van der Waals surface area (Å²) in [5.41, 5.74) is 1.49. The van der Waals surface area contributed by atoms with Crippen LogP contribution in [0.1, 0.15) is 32.7 Å². The first-order valence-electron chi connectivity index (χ1n) is 7.53. The van der Waals surface area contributed by atoms with Crippen molar-refractivity contribution in [3.05, 3.63) is 70.2 Å². The minimum atomic E-state index is -0.448. The molecule has 1 N–H and O–H groups in total. The lowest BCUT2D eigenvalue weighted by Gasteiger charge is -2.13. The lowest BCUT2D eigenvalue weighted by Crippen LogP contribution is -2.34. The molecule has 0 saturated heterocycles. The second-order valence-corrected chi connectivity index (χ2v) is 5.84. The molecule has 0 aliphatic carbocycles. The molecule has 0 fully saturated rings. The molecule has 6 heteroatoms. The molecule has 0 radical (unpaired) electrons. The van der Waals surface area contributed by atoms with Crippen LogP contribution in [0.3, 0.4) is 0 Å². The zero-order valence-corrected chi connectivity index (χ0v) is 13.5. The van der Waals surface area contributed by atoms with E-state index in [0.29, 0.717) is 6.54 Å². The van der Waals surface area contributed by atoms with E-state index < -0.39 is 11.8 Å². The van der Waals surface area contributed by atoms with E-state index in [1.807, 2.05) is 30.3 Å². The maximum Gasteiger partial charge on any atom is 0.263 e. The van der Waals surface area contributed by atoms with E-state index in [1.54, 1.807) is 18.2 Å². The van der Waals surface area contributed by atoms with Crippen LogP contribution in [-0.2, 0) is 11.3 Å². The molecule has 0 bridgehead atoms. The number of carbonyl (C=O) groups is 3. The Balaban J connectivity index is 1.58. The summed E-state index contributed by atoms with van der Waals surface area (Å²) in [6.45, 7) is 0.441. The van der Waals surface area contributed by atoms with Crippen molar-refractivity contribution in [1.29, 1.82) is 0 Å². The van der Waals surface area contributed by atoms with Crippen molar-refractivity contribution in [1.82, 2.24) is 10.2 Å². The average Bonchev–Trinajstić information content (AvgIpc) is 2.84. The molecule has 24 heavy (non-hydrogen) atoms. The lowest BCUT2D eigenvalue weighted by molar-refractivity contribution is -0.121. The molecule has 0 atom stereocenters. The number of halogens is 1. The fraction of sp³-hybridized carbons (Fsp3) is 0.167. The van der Waals surface area contributed by atoms with Gasteiger partial charge in [0.1, 0.15) is 0 Å². The fourth-order valence-corrected chi connectivity index (χ4v) is 2.85. The molecule has 0 aromatic heterocycles. The van der Waals surface area contributed by atoms with Gasteiger partial charge in [0.2, 0.25) is 5.91 Å². The summed E-state index contributed by atoms with van der Waals surface area (Å²) in [4.78, 5) is 37.6. The highest BCUT2D eigenvalue weighted by atomic mass is 35.5. The SMILES string of the molecule is O=C(CCN1C(=O)c2cccc(Cl)c2C1=O)NCc1ccccc1. The van der Waals surface area contributed by atoms with Gasteiger partial charge in [0.25, 0.3) is 11.8 Å². The highest BCUT2D eigenvalue weighted by molar-refractivity contribution is 6.37. The Kier molecular flexibility index (Phi) is 4.62. The second kappa shape index (κ2) is 6.84. The van der Waals surface area contributed by atoms with Crippen molar-refractivity contribution in [2.24, 2.45) is 0 Å². The van der Waals surface area contributed by atoms with Crippen LogP contribution in [0.2, 0.25) is 5.02 Å². The number of carbonyl (C=O) groups excluding carboxylic acids is 3. The van der Waals surface area contributed by atoms with Crippen molar-refractivity contribution in [2.75, 3.05) is 6.54 Å². The van der Waals surface area contributed by atoms with Crippen molar-refractivity contribution in [3.63, 3.8) is 0 Å². The molecule has 1 aliphatic rings. The smallest absolute Gasteiger partial charge is 0.263 e. The van der Waals surface area contributed by atoms with Gasteiger partial charge in [-0.05, 0) is 17.7 Å². The van der Waals surface area contributed by atoms with Crippen molar-refractivity contribution in [2.45, 2.75) is 13.0 Å². The minimum absolute atomic E-state index is 0.0311. The summed E-state index contributed by atoms with van der Waals surface area (Å²) in [7, 11) is 0. The van der Waals surface area contributed by atoms with Crippen LogP contribution in [0.5, 0.6) is 0 Å². The third-order valence-corrected chi connectivity index (χ3v) is 4.16. The van der Waals surface area contributed by atoms with Crippen LogP contribution in [0.15, 0.2) is 48.5 Å². The van der Waals surface area contributed by atoms with Crippen LogP contribution < -0.4 is 5.32 Å². The summed E-state index contributed by atoms with van der Waals surface area (Å²) in [5, 5.41) is 3.02. The first-order chi connectivity index (χ1) is 11.6. The summed E-state index contributed by atoms with van der Waals surface area (Å²) in [6.07, 6.45) is 0.0515. The van der Waals surface area contributed by atoms with E-state index in [2.05, 4.69) is 5.32 Å². The molecule has 5 nitrogen and oxygen atoms in total. The highest BCUT2D eigenvalue weighted by Crippen LogP contribution is 2.28. The standard InChI is InChI=1S/C18H15ClN2O3/c19-14-8-4-7-13-16(14)18(24)21(17(13)23)10-9-15(22)20-11-12-5-2-1-3-6-12/h1-8H,9-11H2,(H,20,22). The Labute approximate surface area is 144 Å². The van der Waals surface area contributed by atoms with Gasteiger partial charge >= 0.3 is 0 Å². The van der Waals surface area contributed by atoms with Crippen LogP contribution >= 0.6 is 11.6 Å². The van der Waals surface area contributed by atoms with Gasteiger partial charge < -0.3 is 5.32 Å². The van der Waals surface area contributed by atoms with Crippen LogP contribution in [-0.4, -0.2) is 29.2 Å². The number of hydrogen-bond acceptors (Lipinski definition) is 3. The number of amides is 3. The van der Waals surface area contributed by atoms with Gasteiger partial charge in [-0.15, -0.1) is 0 Å². The number of hydrogen-bond donors (Lipinski definition) is 1. The largest absolute Gasteiger partial charge is 0.352 e. The summed E-state index contributed by atoms with van der Waals surface area (Å²) < 4.78 is 0. The molecule has 0 unspecified atom stereocenters. The van der Waals surface area contributed by atoms with Crippen molar-refractivity contribution in [3.8, 4) is 0 Å². The maximum atomic E-state index is 12.3.